The van der Waals surface area contributed by atoms with Gasteiger partial charge in [0.15, 0.2) is 0 Å². The van der Waals surface area contributed by atoms with Gasteiger partial charge in [0.25, 0.3) is 0 Å². The first-order valence-corrected chi connectivity index (χ1v) is 11.2. The molecule has 0 aliphatic carbocycles. The monoisotopic (exact) mass is 439 g/mol. The summed E-state index contributed by atoms with van der Waals surface area (Å²) in [6.07, 6.45) is 0.856. The van der Waals surface area contributed by atoms with E-state index in [1.807, 2.05) is 86.1 Å². The van der Waals surface area contributed by atoms with Crippen LogP contribution in [-0.2, 0) is 11.2 Å². The lowest BCUT2D eigenvalue weighted by Gasteiger charge is -2.12. The number of hydrogen-bond acceptors (Lipinski definition) is 3. The van der Waals surface area contributed by atoms with Gasteiger partial charge < -0.3 is 10.1 Å². The lowest BCUT2D eigenvalue weighted by atomic mass is 10.1. The van der Waals surface area contributed by atoms with Crippen molar-refractivity contribution in [3.8, 4) is 17.3 Å². The number of hydrogen-bond donors (Lipinski definition) is 1. The van der Waals surface area contributed by atoms with E-state index in [0.717, 1.165) is 39.5 Å². The Kier molecular flexibility index (Phi) is 6.59. The van der Waals surface area contributed by atoms with Crippen LogP contribution in [0.25, 0.3) is 5.69 Å². The predicted molar refractivity (Wildman–Crippen MR) is 132 cm³/mol. The molecule has 0 aliphatic heterocycles. The molecular weight excluding hydrogens is 410 g/mol. The van der Waals surface area contributed by atoms with Crippen LogP contribution in [-0.4, -0.2) is 15.7 Å². The quantitative estimate of drug-likeness (QED) is 0.359. The number of aromatic nitrogens is 2. The van der Waals surface area contributed by atoms with Gasteiger partial charge in [-0.25, -0.2) is 4.68 Å². The molecule has 0 bridgehead atoms. The molecule has 5 heteroatoms. The molecule has 1 amide bonds. The minimum absolute atomic E-state index is 0.0390. The van der Waals surface area contributed by atoms with Crippen molar-refractivity contribution in [1.82, 2.24) is 9.78 Å². The highest BCUT2D eigenvalue weighted by atomic mass is 16.5. The molecule has 4 rings (SSSR count). The summed E-state index contributed by atoms with van der Waals surface area (Å²) >= 11 is 0. The summed E-state index contributed by atoms with van der Waals surface area (Å²) in [6, 6.07) is 23.9. The number of anilines is 1. The van der Waals surface area contributed by atoms with Crippen molar-refractivity contribution in [3.05, 3.63) is 101 Å². The van der Waals surface area contributed by atoms with E-state index in [1.54, 1.807) is 0 Å². The summed E-state index contributed by atoms with van der Waals surface area (Å²) in [6.45, 7) is 8.08. The fourth-order valence-corrected chi connectivity index (χ4v) is 3.68. The maximum Gasteiger partial charge on any atom is 0.226 e. The Morgan fingerprint density at radius 1 is 0.879 bits per heavy atom. The molecule has 1 aromatic heterocycles. The number of amides is 1. The molecule has 0 unspecified atom stereocenters. The second-order valence-electron chi connectivity index (χ2n) is 8.45. The number of carbonyl (C=O) groups is 1. The van der Waals surface area contributed by atoms with E-state index in [0.29, 0.717) is 18.7 Å². The van der Waals surface area contributed by atoms with E-state index in [1.165, 1.54) is 5.56 Å². The molecule has 0 radical (unpaired) electrons. The average molecular weight is 440 g/mol. The Bertz CT molecular complexity index is 1260. The molecule has 3 aromatic carbocycles. The van der Waals surface area contributed by atoms with Crippen LogP contribution < -0.4 is 10.1 Å². The fraction of sp³-hybridized carbons (Fsp3) is 0.214. The van der Waals surface area contributed by atoms with Crippen LogP contribution >= 0.6 is 0 Å². The third-order valence-corrected chi connectivity index (χ3v) is 5.56. The number of carbonyl (C=O) groups excluding carboxylic acids is 1. The van der Waals surface area contributed by atoms with Crippen molar-refractivity contribution in [2.24, 2.45) is 0 Å². The Balaban J connectivity index is 1.61. The zero-order valence-electron chi connectivity index (χ0n) is 19.6. The summed E-state index contributed by atoms with van der Waals surface area (Å²) < 4.78 is 8.17. The molecule has 0 atom stereocenters. The molecule has 33 heavy (non-hydrogen) atoms. The summed E-state index contributed by atoms with van der Waals surface area (Å²) in [5.41, 5.74) is 6.96. The van der Waals surface area contributed by atoms with Crippen LogP contribution in [0.1, 0.15) is 34.4 Å². The molecule has 4 aromatic rings. The van der Waals surface area contributed by atoms with Crippen LogP contribution in [0.3, 0.4) is 0 Å². The number of aryl methyl sites for hydroxylation is 4. The number of nitrogens with zero attached hydrogens (tertiary/aromatic N) is 2. The van der Waals surface area contributed by atoms with Crippen molar-refractivity contribution >= 4 is 11.6 Å². The zero-order chi connectivity index (χ0) is 23.4. The smallest absolute Gasteiger partial charge is 0.226 e. The first kappa shape index (κ1) is 22.3. The number of ether oxygens (including phenoxy) is 1. The molecule has 0 aliphatic rings. The fourth-order valence-electron chi connectivity index (χ4n) is 3.68. The van der Waals surface area contributed by atoms with Crippen LogP contribution in [0.5, 0.6) is 11.6 Å². The summed E-state index contributed by atoms with van der Waals surface area (Å²) in [5.74, 6) is 1.34. The first-order chi connectivity index (χ1) is 15.9. The van der Waals surface area contributed by atoms with Gasteiger partial charge in [0.1, 0.15) is 5.75 Å². The molecule has 1 N–H and O–H groups in total. The largest absolute Gasteiger partial charge is 0.439 e. The lowest BCUT2D eigenvalue weighted by molar-refractivity contribution is -0.116. The Hall–Kier alpha value is -3.86. The number of benzene rings is 3. The van der Waals surface area contributed by atoms with Crippen LogP contribution in [0.15, 0.2) is 72.8 Å². The summed E-state index contributed by atoms with van der Waals surface area (Å²) in [4.78, 5) is 12.6. The van der Waals surface area contributed by atoms with Crippen molar-refractivity contribution in [2.45, 2.75) is 40.5 Å². The summed E-state index contributed by atoms with van der Waals surface area (Å²) in [7, 11) is 0. The second kappa shape index (κ2) is 9.74. The van der Waals surface area contributed by atoms with E-state index in [4.69, 9.17) is 9.84 Å². The molecule has 168 valence electrons. The highest BCUT2D eigenvalue weighted by molar-refractivity contribution is 5.90. The van der Waals surface area contributed by atoms with Gasteiger partial charge in [-0.15, -0.1) is 0 Å². The van der Waals surface area contributed by atoms with Crippen LogP contribution in [0.2, 0.25) is 0 Å². The third-order valence-electron chi connectivity index (χ3n) is 5.56. The lowest BCUT2D eigenvalue weighted by Crippen LogP contribution is -2.12. The van der Waals surface area contributed by atoms with E-state index in [2.05, 4.69) is 24.4 Å². The van der Waals surface area contributed by atoms with Gasteiger partial charge in [-0.05, 0) is 76.1 Å². The minimum Gasteiger partial charge on any atom is -0.439 e. The van der Waals surface area contributed by atoms with E-state index < -0.39 is 0 Å². The molecular formula is C28H29N3O2. The molecule has 0 saturated heterocycles. The average Bonchev–Trinajstić information content (AvgIpc) is 3.10. The Labute approximate surface area is 195 Å². The van der Waals surface area contributed by atoms with E-state index in [9.17, 15) is 4.79 Å². The Morgan fingerprint density at radius 3 is 2.21 bits per heavy atom. The third kappa shape index (κ3) is 5.50. The van der Waals surface area contributed by atoms with Crippen LogP contribution in [0.4, 0.5) is 5.69 Å². The molecule has 5 nitrogen and oxygen atoms in total. The highest BCUT2D eigenvalue weighted by Gasteiger charge is 2.20. The summed E-state index contributed by atoms with van der Waals surface area (Å²) in [5, 5.41) is 7.74. The molecule has 0 fully saturated rings. The number of rotatable bonds is 7. The van der Waals surface area contributed by atoms with Gasteiger partial charge >= 0.3 is 0 Å². The normalized spacial score (nSPS) is 10.8. The minimum atomic E-state index is -0.0390. The SMILES string of the molecule is Cc1ccc(NC(=O)CCc2c(C)nn(-c3cccc(C)c3)c2Oc2ccc(C)cc2)cc1. The van der Waals surface area contributed by atoms with E-state index >= 15 is 0 Å². The predicted octanol–water partition coefficient (Wildman–Crippen LogP) is 6.47. The van der Waals surface area contributed by atoms with Crippen molar-refractivity contribution in [3.63, 3.8) is 0 Å². The van der Waals surface area contributed by atoms with Gasteiger partial charge in [0.05, 0.1) is 11.4 Å². The van der Waals surface area contributed by atoms with E-state index in [-0.39, 0.29) is 5.91 Å². The topological polar surface area (TPSA) is 56.2 Å². The highest BCUT2D eigenvalue weighted by Crippen LogP contribution is 2.32. The Morgan fingerprint density at radius 2 is 1.55 bits per heavy atom. The van der Waals surface area contributed by atoms with Crippen molar-refractivity contribution in [2.75, 3.05) is 5.32 Å². The second-order valence-corrected chi connectivity index (χ2v) is 8.45. The zero-order valence-corrected chi connectivity index (χ0v) is 19.6. The van der Waals surface area contributed by atoms with Gasteiger partial charge in [-0.3, -0.25) is 4.79 Å². The van der Waals surface area contributed by atoms with Crippen molar-refractivity contribution in [1.29, 1.82) is 0 Å². The van der Waals surface area contributed by atoms with Gasteiger partial charge in [0.2, 0.25) is 11.8 Å². The molecule has 1 heterocycles. The first-order valence-electron chi connectivity index (χ1n) is 11.2. The van der Waals surface area contributed by atoms with Gasteiger partial charge in [-0.1, -0.05) is 47.5 Å². The molecule has 0 saturated carbocycles. The maximum absolute atomic E-state index is 12.6. The standard InChI is InChI=1S/C28H29N3O2/c1-19-8-12-23(13-9-19)29-27(32)17-16-26-22(4)30-31(24-7-5-6-21(3)18-24)28(26)33-25-14-10-20(2)11-15-25/h5-15,18H,16-17H2,1-4H3,(H,29,32). The van der Waals surface area contributed by atoms with Gasteiger partial charge in [-0.2, -0.15) is 5.10 Å². The van der Waals surface area contributed by atoms with Gasteiger partial charge in [0, 0.05) is 17.7 Å². The molecule has 0 spiro atoms. The van der Waals surface area contributed by atoms with Crippen molar-refractivity contribution < 1.29 is 9.53 Å². The maximum atomic E-state index is 12.6. The number of nitrogens with one attached hydrogen (secondary N) is 1. The van der Waals surface area contributed by atoms with Crippen LogP contribution in [0, 0.1) is 27.7 Å².